The van der Waals surface area contributed by atoms with E-state index in [1.807, 2.05) is 19.1 Å². The van der Waals surface area contributed by atoms with Gasteiger partial charge in [0.2, 0.25) is 0 Å². The summed E-state index contributed by atoms with van der Waals surface area (Å²) >= 11 is 3.42. The van der Waals surface area contributed by atoms with Crippen molar-refractivity contribution in [2.75, 3.05) is 18.0 Å². The SMILES string of the molecule is Cc1nc(N2CC[C@@H](O)C2)ccc1Br. The molecule has 3 nitrogen and oxygen atoms in total. The van der Waals surface area contributed by atoms with Crippen LogP contribution in [0.2, 0.25) is 0 Å². The Kier molecular flexibility index (Phi) is 2.74. The second kappa shape index (κ2) is 3.87. The highest BCUT2D eigenvalue weighted by Crippen LogP contribution is 2.22. The van der Waals surface area contributed by atoms with Gasteiger partial charge in [0.25, 0.3) is 0 Å². The van der Waals surface area contributed by atoms with Crippen LogP contribution in [0.25, 0.3) is 0 Å². The van der Waals surface area contributed by atoms with Crippen molar-refractivity contribution >= 4 is 21.7 Å². The lowest BCUT2D eigenvalue weighted by atomic mass is 10.3. The fourth-order valence-corrected chi connectivity index (χ4v) is 1.88. The lowest BCUT2D eigenvalue weighted by Gasteiger charge is -2.17. The molecule has 0 aromatic carbocycles. The summed E-state index contributed by atoms with van der Waals surface area (Å²) in [5.74, 6) is 0.960. The molecule has 0 bridgehead atoms. The number of hydrogen-bond donors (Lipinski definition) is 1. The van der Waals surface area contributed by atoms with Crippen LogP contribution in [0.1, 0.15) is 12.1 Å². The van der Waals surface area contributed by atoms with Crippen molar-refractivity contribution in [3.8, 4) is 0 Å². The third-order valence-electron chi connectivity index (χ3n) is 2.49. The molecule has 2 rings (SSSR count). The first-order valence-corrected chi connectivity index (χ1v) is 5.52. The first-order chi connectivity index (χ1) is 6.66. The quantitative estimate of drug-likeness (QED) is 0.832. The summed E-state index contributed by atoms with van der Waals surface area (Å²) in [7, 11) is 0. The molecule has 1 atom stereocenters. The van der Waals surface area contributed by atoms with Crippen molar-refractivity contribution in [3.05, 3.63) is 22.3 Å². The lowest BCUT2D eigenvalue weighted by Crippen LogP contribution is -2.22. The maximum absolute atomic E-state index is 9.41. The van der Waals surface area contributed by atoms with Crippen molar-refractivity contribution in [1.82, 2.24) is 4.98 Å². The minimum Gasteiger partial charge on any atom is -0.391 e. The summed E-state index contributed by atoms with van der Waals surface area (Å²) in [6.07, 6.45) is 0.650. The molecule has 0 saturated carbocycles. The molecule has 76 valence electrons. The molecule has 1 saturated heterocycles. The maximum Gasteiger partial charge on any atom is 0.128 e. The molecule has 1 aromatic heterocycles. The summed E-state index contributed by atoms with van der Waals surface area (Å²) in [6, 6.07) is 3.98. The van der Waals surface area contributed by atoms with Gasteiger partial charge in [-0.15, -0.1) is 0 Å². The molecule has 0 spiro atoms. The van der Waals surface area contributed by atoms with Crippen LogP contribution in [0.3, 0.4) is 0 Å². The smallest absolute Gasteiger partial charge is 0.128 e. The number of halogens is 1. The van der Waals surface area contributed by atoms with Crippen molar-refractivity contribution in [3.63, 3.8) is 0 Å². The molecule has 1 fully saturated rings. The van der Waals surface area contributed by atoms with E-state index in [0.29, 0.717) is 6.54 Å². The van der Waals surface area contributed by atoms with E-state index in [4.69, 9.17) is 0 Å². The molecular formula is C10H13BrN2O. The minimum absolute atomic E-state index is 0.194. The molecule has 1 aromatic rings. The number of nitrogens with zero attached hydrogens (tertiary/aromatic N) is 2. The molecule has 1 aliphatic rings. The fraction of sp³-hybridized carbons (Fsp3) is 0.500. The molecule has 4 heteroatoms. The van der Waals surface area contributed by atoms with Gasteiger partial charge in [-0.3, -0.25) is 0 Å². The Hall–Kier alpha value is -0.610. The predicted molar refractivity (Wildman–Crippen MR) is 59.5 cm³/mol. The van der Waals surface area contributed by atoms with Gasteiger partial charge in [0.1, 0.15) is 5.82 Å². The van der Waals surface area contributed by atoms with Gasteiger partial charge >= 0.3 is 0 Å². The van der Waals surface area contributed by atoms with E-state index in [1.54, 1.807) is 0 Å². The van der Waals surface area contributed by atoms with Gasteiger partial charge in [0, 0.05) is 17.6 Å². The largest absolute Gasteiger partial charge is 0.391 e. The summed E-state index contributed by atoms with van der Waals surface area (Å²) < 4.78 is 1.03. The molecule has 1 N–H and O–H groups in total. The van der Waals surface area contributed by atoms with Gasteiger partial charge in [0.05, 0.1) is 11.8 Å². The van der Waals surface area contributed by atoms with Gasteiger partial charge in [-0.25, -0.2) is 4.98 Å². The first-order valence-electron chi connectivity index (χ1n) is 4.73. The number of pyridine rings is 1. The number of aliphatic hydroxyl groups is 1. The van der Waals surface area contributed by atoms with Crippen LogP contribution in [0.4, 0.5) is 5.82 Å². The number of aromatic nitrogens is 1. The van der Waals surface area contributed by atoms with E-state index in [0.717, 1.165) is 29.0 Å². The highest BCUT2D eigenvalue weighted by Gasteiger charge is 2.21. The summed E-state index contributed by atoms with van der Waals surface area (Å²) in [5, 5.41) is 9.41. The first kappa shape index (κ1) is 9.93. The Bertz CT molecular complexity index is 343. The highest BCUT2D eigenvalue weighted by atomic mass is 79.9. The number of β-amino-alcohol motifs (C(OH)–C–C–N with tert-alkyl or cyclic N) is 1. The average Bonchev–Trinajstić information content (AvgIpc) is 2.57. The van der Waals surface area contributed by atoms with Crippen molar-refractivity contribution in [1.29, 1.82) is 0 Å². The van der Waals surface area contributed by atoms with Crippen LogP contribution in [0, 0.1) is 6.92 Å². The Morgan fingerprint density at radius 3 is 2.93 bits per heavy atom. The van der Waals surface area contributed by atoms with Gasteiger partial charge in [-0.2, -0.15) is 0 Å². The zero-order valence-electron chi connectivity index (χ0n) is 8.07. The molecule has 0 aliphatic carbocycles. The monoisotopic (exact) mass is 256 g/mol. The van der Waals surface area contributed by atoms with Crippen LogP contribution in [0.15, 0.2) is 16.6 Å². The Morgan fingerprint density at radius 1 is 1.57 bits per heavy atom. The van der Waals surface area contributed by atoms with E-state index >= 15 is 0 Å². The zero-order chi connectivity index (χ0) is 10.1. The third-order valence-corrected chi connectivity index (χ3v) is 3.33. The van der Waals surface area contributed by atoms with E-state index < -0.39 is 0 Å². The molecule has 2 heterocycles. The Labute approximate surface area is 91.9 Å². The van der Waals surface area contributed by atoms with E-state index in [9.17, 15) is 5.11 Å². The molecule has 0 radical (unpaired) electrons. The lowest BCUT2D eigenvalue weighted by molar-refractivity contribution is 0.198. The van der Waals surface area contributed by atoms with Gasteiger partial charge in [-0.05, 0) is 41.4 Å². The van der Waals surface area contributed by atoms with Crippen LogP contribution in [0.5, 0.6) is 0 Å². The summed E-state index contributed by atoms with van der Waals surface area (Å²) in [4.78, 5) is 6.57. The summed E-state index contributed by atoms with van der Waals surface area (Å²) in [5.41, 5.74) is 0.990. The van der Waals surface area contributed by atoms with E-state index in [2.05, 4.69) is 25.8 Å². The van der Waals surface area contributed by atoms with Crippen LogP contribution >= 0.6 is 15.9 Å². The molecule has 0 unspecified atom stereocenters. The van der Waals surface area contributed by atoms with Crippen LogP contribution < -0.4 is 4.90 Å². The van der Waals surface area contributed by atoms with Crippen molar-refractivity contribution < 1.29 is 5.11 Å². The second-order valence-electron chi connectivity index (χ2n) is 3.63. The van der Waals surface area contributed by atoms with E-state index in [-0.39, 0.29) is 6.10 Å². The van der Waals surface area contributed by atoms with Gasteiger partial charge in [-0.1, -0.05) is 0 Å². The predicted octanol–water partition coefficient (Wildman–Crippen LogP) is 1.72. The minimum atomic E-state index is -0.194. The molecule has 1 aliphatic heterocycles. The number of hydrogen-bond acceptors (Lipinski definition) is 3. The van der Waals surface area contributed by atoms with Crippen molar-refractivity contribution in [2.45, 2.75) is 19.4 Å². The Balaban J connectivity index is 2.20. The zero-order valence-corrected chi connectivity index (χ0v) is 9.66. The molecule has 14 heavy (non-hydrogen) atoms. The second-order valence-corrected chi connectivity index (χ2v) is 4.48. The number of aliphatic hydroxyl groups excluding tert-OH is 1. The normalized spacial score (nSPS) is 21.6. The maximum atomic E-state index is 9.41. The van der Waals surface area contributed by atoms with Gasteiger partial charge < -0.3 is 10.0 Å². The fourth-order valence-electron chi connectivity index (χ4n) is 1.66. The number of rotatable bonds is 1. The molecule has 0 amide bonds. The number of anilines is 1. The van der Waals surface area contributed by atoms with Crippen LogP contribution in [-0.4, -0.2) is 29.3 Å². The Morgan fingerprint density at radius 2 is 2.36 bits per heavy atom. The number of aryl methyl sites for hydroxylation is 1. The van der Waals surface area contributed by atoms with E-state index in [1.165, 1.54) is 0 Å². The summed E-state index contributed by atoms with van der Waals surface area (Å²) in [6.45, 7) is 3.57. The third kappa shape index (κ3) is 1.91. The topological polar surface area (TPSA) is 36.4 Å². The standard InChI is InChI=1S/C10H13BrN2O/c1-7-9(11)2-3-10(12-7)13-5-4-8(14)6-13/h2-3,8,14H,4-6H2,1H3/t8-/m1/s1. The molecular weight excluding hydrogens is 244 g/mol. The van der Waals surface area contributed by atoms with Crippen molar-refractivity contribution in [2.24, 2.45) is 0 Å². The van der Waals surface area contributed by atoms with Crippen LogP contribution in [-0.2, 0) is 0 Å². The van der Waals surface area contributed by atoms with Gasteiger partial charge in [0.15, 0.2) is 0 Å². The highest BCUT2D eigenvalue weighted by molar-refractivity contribution is 9.10. The average molecular weight is 257 g/mol.